The lowest BCUT2D eigenvalue weighted by Crippen LogP contribution is -2.20. The van der Waals surface area contributed by atoms with Crippen molar-refractivity contribution in [2.75, 3.05) is 25.0 Å². The summed E-state index contributed by atoms with van der Waals surface area (Å²) in [5.74, 6) is 2.65. The molecule has 1 N–H and O–H groups in total. The van der Waals surface area contributed by atoms with Gasteiger partial charge in [0.2, 0.25) is 0 Å². The van der Waals surface area contributed by atoms with Crippen LogP contribution < -0.4 is 10.2 Å². The predicted octanol–water partition coefficient (Wildman–Crippen LogP) is 3.58. The fourth-order valence-corrected chi connectivity index (χ4v) is 2.51. The molecule has 3 heteroatoms. The van der Waals surface area contributed by atoms with Crippen LogP contribution in [0.3, 0.4) is 0 Å². The van der Waals surface area contributed by atoms with E-state index >= 15 is 0 Å². The van der Waals surface area contributed by atoms with Crippen molar-refractivity contribution < 1.29 is 0 Å². The third-order valence-corrected chi connectivity index (χ3v) is 3.61. The number of hydrogen-bond donors (Lipinski definition) is 1. The minimum Gasteiger partial charge on any atom is -0.363 e. The van der Waals surface area contributed by atoms with Crippen molar-refractivity contribution in [2.24, 2.45) is 0 Å². The van der Waals surface area contributed by atoms with Crippen molar-refractivity contribution in [3.05, 3.63) is 28.2 Å². The van der Waals surface area contributed by atoms with Crippen molar-refractivity contribution in [3.63, 3.8) is 0 Å². The first-order chi connectivity index (χ1) is 8.60. The Labute approximate surface area is 119 Å². The van der Waals surface area contributed by atoms with Gasteiger partial charge < -0.3 is 10.2 Å². The number of terminal acetylenes is 1. The van der Waals surface area contributed by atoms with Gasteiger partial charge in [0.25, 0.3) is 0 Å². The van der Waals surface area contributed by atoms with Crippen molar-refractivity contribution in [3.8, 4) is 12.3 Å². The van der Waals surface area contributed by atoms with Gasteiger partial charge in [-0.2, -0.15) is 0 Å². The second-order valence-corrected chi connectivity index (χ2v) is 5.30. The second kappa shape index (κ2) is 7.45. The molecule has 0 aliphatic rings. The molecule has 1 atom stereocenters. The lowest BCUT2D eigenvalue weighted by molar-refractivity contribution is 0.569. The minimum absolute atomic E-state index is 0.353. The minimum atomic E-state index is 0.353. The van der Waals surface area contributed by atoms with E-state index in [0.29, 0.717) is 12.6 Å². The molecule has 0 saturated carbocycles. The molecule has 2 nitrogen and oxygen atoms in total. The van der Waals surface area contributed by atoms with Gasteiger partial charge >= 0.3 is 0 Å². The third kappa shape index (κ3) is 4.04. The third-order valence-electron chi connectivity index (χ3n) is 2.92. The molecule has 98 valence electrons. The molecule has 0 amide bonds. The maximum atomic E-state index is 5.32. The zero-order valence-electron chi connectivity index (χ0n) is 11.3. The first-order valence-electron chi connectivity index (χ1n) is 6.27. The molecule has 0 bridgehead atoms. The predicted molar refractivity (Wildman–Crippen MR) is 83.0 cm³/mol. The molecule has 0 aromatic heterocycles. The Morgan fingerprint density at radius 2 is 2.22 bits per heavy atom. The van der Waals surface area contributed by atoms with Gasteiger partial charge in [-0.15, -0.1) is 6.42 Å². The van der Waals surface area contributed by atoms with Crippen LogP contribution in [0.1, 0.15) is 31.9 Å². The summed E-state index contributed by atoms with van der Waals surface area (Å²) in [5, 5.41) is 3.49. The summed E-state index contributed by atoms with van der Waals surface area (Å²) in [4.78, 5) is 2.05. The summed E-state index contributed by atoms with van der Waals surface area (Å²) in [6.45, 7) is 6.01. The fourth-order valence-electron chi connectivity index (χ4n) is 1.80. The molecule has 0 fully saturated rings. The summed E-state index contributed by atoms with van der Waals surface area (Å²) in [5.41, 5.74) is 2.41. The Balaban J connectivity index is 2.82. The Hall–Kier alpha value is -0.980. The topological polar surface area (TPSA) is 15.3 Å². The van der Waals surface area contributed by atoms with Crippen LogP contribution in [0.2, 0.25) is 0 Å². The largest absolute Gasteiger partial charge is 0.363 e. The highest BCUT2D eigenvalue weighted by Gasteiger charge is 2.10. The van der Waals surface area contributed by atoms with E-state index in [9.17, 15) is 0 Å². The summed E-state index contributed by atoms with van der Waals surface area (Å²) < 4.78 is 1.12. The summed E-state index contributed by atoms with van der Waals surface area (Å²) in [7, 11) is 2.00. The van der Waals surface area contributed by atoms with Gasteiger partial charge in [0.15, 0.2) is 0 Å². The van der Waals surface area contributed by atoms with Gasteiger partial charge in [0, 0.05) is 23.2 Å². The number of rotatable bonds is 6. The van der Waals surface area contributed by atoms with Crippen LogP contribution >= 0.6 is 15.9 Å². The van der Waals surface area contributed by atoms with Gasteiger partial charge in [-0.05, 0) is 37.6 Å². The molecule has 0 aliphatic heterocycles. The summed E-state index contributed by atoms with van der Waals surface area (Å²) in [6, 6.07) is 6.74. The number of halogens is 1. The Bertz CT molecular complexity index is 423. The van der Waals surface area contributed by atoms with Crippen molar-refractivity contribution >= 4 is 21.6 Å². The van der Waals surface area contributed by atoms with Crippen LogP contribution in [0.4, 0.5) is 5.69 Å². The summed E-state index contributed by atoms with van der Waals surface area (Å²) >= 11 is 3.64. The molecule has 0 saturated heterocycles. The molecular formula is C15H21BrN2. The molecule has 18 heavy (non-hydrogen) atoms. The average molecular weight is 309 g/mol. The van der Waals surface area contributed by atoms with Crippen LogP contribution in [-0.4, -0.2) is 20.1 Å². The highest BCUT2D eigenvalue weighted by atomic mass is 79.9. The number of nitrogens with one attached hydrogen (secondary N) is 1. The van der Waals surface area contributed by atoms with E-state index < -0.39 is 0 Å². The molecule has 0 spiro atoms. The maximum absolute atomic E-state index is 5.32. The van der Waals surface area contributed by atoms with Crippen molar-refractivity contribution in [2.45, 2.75) is 26.3 Å². The fraction of sp³-hybridized carbons (Fsp3) is 0.467. The highest BCUT2D eigenvalue weighted by molar-refractivity contribution is 9.10. The van der Waals surface area contributed by atoms with E-state index in [1.54, 1.807) is 0 Å². The molecule has 1 aromatic carbocycles. The lowest BCUT2D eigenvalue weighted by Gasteiger charge is -2.20. The number of anilines is 1. The average Bonchev–Trinajstić information content (AvgIpc) is 2.36. The smallest absolute Gasteiger partial charge is 0.0788 e. The molecule has 1 unspecified atom stereocenters. The molecule has 1 aromatic rings. The Morgan fingerprint density at radius 1 is 1.50 bits per heavy atom. The van der Waals surface area contributed by atoms with Crippen LogP contribution in [0.15, 0.2) is 22.7 Å². The van der Waals surface area contributed by atoms with Crippen molar-refractivity contribution in [1.29, 1.82) is 0 Å². The van der Waals surface area contributed by atoms with E-state index in [2.05, 4.69) is 64.1 Å². The summed E-state index contributed by atoms with van der Waals surface area (Å²) in [6.07, 6.45) is 6.47. The van der Waals surface area contributed by atoms with Gasteiger partial charge in [0.1, 0.15) is 0 Å². The van der Waals surface area contributed by atoms with Gasteiger partial charge in [0.05, 0.1) is 6.54 Å². The SMILES string of the molecule is C#CCN(C)c1ccc(C(C)NCCC)c(Br)c1. The maximum Gasteiger partial charge on any atom is 0.0788 e. The zero-order valence-corrected chi connectivity index (χ0v) is 12.9. The normalized spacial score (nSPS) is 11.9. The molecule has 0 heterocycles. The number of benzene rings is 1. The van der Waals surface area contributed by atoms with Crippen LogP contribution in [0.25, 0.3) is 0 Å². The van der Waals surface area contributed by atoms with Crippen LogP contribution in [0, 0.1) is 12.3 Å². The Kier molecular flexibility index (Phi) is 6.24. The second-order valence-electron chi connectivity index (χ2n) is 4.44. The first-order valence-corrected chi connectivity index (χ1v) is 7.06. The lowest BCUT2D eigenvalue weighted by atomic mass is 10.1. The Morgan fingerprint density at radius 3 is 2.78 bits per heavy atom. The van der Waals surface area contributed by atoms with E-state index in [0.717, 1.165) is 23.1 Å². The van der Waals surface area contributed by atoms with Gasteiger partial charge in [-0.3, -0.25) is 0 Å². The zero-order chi connectivity index (χ0) is 13.5. The van der Waals surface area contributed by atoms with E-state index in [4.69, 9.17) is 6.42 Å². The molecular weight excluding hydrogens is 288 g/mol. The number of hydrogen-bond acceptors (Lipinski definition) is 2. The molecule has 0 radical (unpaired) electrons. The monoisotopic (exact) mass is 308 g/mol. The highest BCUT2D eigenvalue weighted by Crippen LogP contribution is 2.27. The van der Waals surface area contributed by atoms with E-state index in [-0.39, 0.29) is 0 Å². The first kappa shape index (κ1) is 15.1. The van der Waals surface area contributed by atoms with Crippen LogP contribution in [0.5, 0.6) is 0 Å². The standard InChI is InChI=1S/C15H21BrN2/c1-5-9-17-12(3)14-8-7-13(11-15(14)16)18(4)10-6-2/h2,7-8,11-12,17H,5,9-10H2,1,3-4H3. The van der Waals surface area contributed by atoms with Gasteiger partial charge in [-0.25, -0.2) is 0 Å². The van der Waals surface area contributed by atoms with Crippen LogP contribution in [-0.2, 0) is 0 Å². The number of nitrogens with zero attached hydrogens (tertiary/aromatic N) is 1. The van der Waals surface area contributed by atoms with E-state index in [1.165, 1.54) is 5.56 Å². The molecule has 1 rings (SSSR count). The van der Waals surface area contributed by atoms with Gasteiger partial charge in [-0.1, -0.05) is 34.8 Å². The quantitative estimate of drug-likeness (QED) is 0.808. The molecule has 0 aliphatic carbocycles. The van der Waals surface area contributed by atoms with E-state index in [1.807, 2.05) is 7.05 Å². The van der Waals surface area contributed by atoms with Crippen molar-refractivity contribution in [1.82, 2.24) is 5.32 Å².